The highest BCUT2D eigenvalue weighted by Crippen LogP contribution is 2.33. The van der Waals surface area contributed by atoms with Crippen LogP contribution in [0.15, 0.2) is 0 Å². The second-order valence-electron chi connectivity index (χ2n) is 5.92. The lowest BCUT2D eigenvalue weighted by Gasteiger charge is -2.24. The summed E-state index contributed by atoms with van der Waals surface area (Å²) in [6, 6.07) is 0.440. The molecule has 0 radical (unpaired) electrons. The molecule has 5 heteroatoms. The van der Waals surface area contributed by atoms with Gasteiger partial charge in [-0.1, -0.05) is 19.8 Å². The number of hydrogen-bond acceptors (Lipinski definition) is 3. The van der Waals surface area contributed by atoms with Gasteiger partial charge in [-0.2, -0.15) is 0 Å². The van der Waals surface area contributed by atoms with Crippen LogP contribution in [0.4, 0.5) is 0 Å². The average Bonchev–Trinajstić information content (AvgIpc) is 2.82. The summed E-state index contributed by atoms with van der Waals surface area (Å²) in [6.45, 7) is 2.11. The van der Waals surface area contributed by atoms with Crippen LogP contribution in [0.5, 0.6) is 0 Å². The molecule has 5 nitrogen and oxygen atoms in total. The molecule has 4 atom stereocenters. The number of carboxylic acid groups (broad SMARTS) is 1. The van der Waals surface area contributed by atoms with Gasteiger partial charge in [0.05, 0.1) is 12.0 Å². The van der Waals surface area contributed by atoms with Crippen molar-refractivity contribution in [2.24, 2.45) is 11.8 Å². The SMILES string of the molecule is CC(CCNC(=O)C1CC2CCCCC2N1)C(=O)O. The molecule has 108 valence electrons. The fourth-order valence-electron chi connectivity index (χ4n) is 3.18. The number of aliphatic carboxylic acids is 1. The molecule has 1 aliphatic carbocycles. The summed E-state index contributed by atoms with van der Waals surface area (Å²) in [5.74, 6) is -0.520. The van der Waals surface area contributed by atoms with Crippen LogP contribution in [0.2, 0.25) is 0 Å². The standard InChI is InChI=1S/C14H24N2O3/c1-9(14(18)19)6-7-15-13(17)12-8-10-4-2-3-5-11(10)16-12/h9-12,16H,2-8H2,1H3,(H,15,17)(H,18,19). The number of hydrogen-bond donors (Lipinski definition) is 3. The molecule has 1 saturated carbocycles. The fraction of sp³-hybridized carbons (Fsp3) is 0.857. The molecule has 0 aromatic carbocycles. The van der Waals surface area contributed by atoms with E-state index in [-0.39, 0.29) is 11.9 Å². The van der Waals surface area contributed by atoms with Gasteiger partial charge >= 0.3 is 5.97 Å². The van der Waals surface area contributed by atoms with Crippen LogP contribution in [0.1, 0.15) is 45.4 Å². The predicted octanol–water partition coefficient (Wildman–Crippen LogP) is 1.13. The zero-order valence-electron chi connectivity index (χ0n) is 11.5. The molecule has 1 heterocycles. The highest BCUT2D eigenvalue weighted by molar-refractivity contribution is 5.82. The Morgan fingerprint density at radius 2 is 2.11 bits per heavy atom. The lowest BCUT2D eigenvalue weighted by Crippen LogP contribution is -2.43. The Morgan fingerprint density at radius 1 is 1.37 bits per heavy atom. The van der Waals surface area contributed by atoms with E-state index in [1.54, 1.807) is 6.92 Å². The van der Waals surface area contributed by atoms with Crippen LogP contribution in [0.25, 0.3) is 0 Å². The summed E-state index contributed by atoms with van der Waals surface area (Å²) >= 11 is 0. The van der Waals surface area contributed by atoms with Gasteiger partial charge in [0.1, 0.15) is 0 Å². The lowest BCUT2D eigenvalue weighted by atomic mass is 9.85. The van der Waals surface area contributed by atoms with Gasteiger partial charge < -0.3 is 15.7 Å². The Hall–Kier alpha value is -1.10. The van der Waals surface area contributed by atoms with Gasteiger partial charge in [-0.15, -0.1) is 0 Å². The van der Waals surface area contributed by atoms with Gasteiger partial charge in [-0.05, 0) is 31.6 Å². The first-order valence-corrected chi connectivity index (χ1v) is 7.34. The molecule has 1 amide bonds. The van der Waals surface area contributed by atoms with Crippen molar-refractivity contribution in [1.29, 1.82) is 0 Å². The third-order valence-electron chi connectivity index (χ3n) is 4.48. The van der Waals surface area contributed by atoms with E-state index >= 15 is 0 Å². The maximum absolute atomic E-state index is 12.0. The van der Waals surface area contributed by atoms with Crippen molar-refractivity contribution in [2.45, 2.75) is 57.5 Å². The van der Waals surface area contributed by atoms with Crippen molar-refractivity contribution in [2.75, 3.05) is 6.54 Å². The van der Waals surface area contributed by atoms with Crippen molar-refractivity contribution >= 4 is 11.9 Å². The third kappa shape index (κ3) is 3.69. The van der Waals surface area contributed by atoms with Gasteiger partial charge in [-0.25, -0.2) is 0 Å². The number of nitrogens with one attached hydrogen (secondary N) is 2. The number of carboxylic acids is 1. The van der Waals surface area contributed by atoms with Crippen molar-refractivity contribution < 1.29 is 14.7 Å². The Bertz CT molecular complexity index is 332. The number of carbonyl (C=O) groups excluding carboxylic acids is 1. The van der Waals surface area contributed by atoms with E-state index in [0.29, 0.717) is 24.9 Å². The van der Waals surface area contributed by atoms with Gasteiger partial charge in [0.2, 0.25) is 5.91 Å². The largest absolute Gasteiger partial charge is 0.481 e. The minimum Gasteiger partial charge on any atom is -0.481 e. The molecule has 2 fully saturated rings. The number of fused-ring (bicyclic) bond motifs is 1. The molecule has 1 saturated heterocycles. The fourth-order valence-corrected chi connectivity index (χ4v) is 3.18. The molecule has 1 aliphatic heterocycles. The van der Waals surface area contributed by atoms with E-state index in [2.05, 4.69) is 10.6 Å². The van der Waals surface area contributed by atoms with Crippen LogP contribution in [0, 0.1) is 11.8 Å². The van der Waals surface area contributed by atoms with Gasteiger partial charge in [0.25, 0.3) is 0 Å². The molecular weight excluding hydrogens is 244 g/mol. The molecule has 0 aromatic rings. The summed E-state index contributed by atoms with van der Waals surface area (Å²) in [7, 11) is 0. The molecule has 3 N–H and O–H groups in total. The normalized spacial score (nSPS) is 31.5. The summed E-state index contributed by atoms with van der Waals surface area (Å²) in [5, 5.41) is 15.1. The van der Waals surface area contributed by atoms with Crippen LogP contribution in [0.3, 0.4) is 0 Å². The first-order chi connectivity index (χ1) is 9.08. The lowest BCUT2D eigenvalue weighted by molar-refractivity contribution is -0.141. The number of carbonyl (C=O) groups is 2. The van der Waals surface area contributed by atoms with E-state index in [1.807, 2.05) is 0 Å². The van der Waals surface area contributed by atoms with E-state index < -0.39 is 11.9 Å². The summed E-state index contributed by atoms with van der Waals surface area (Å²) < 4.78 is 0. The van der Waals surface area contributed by atoms with E-state index in [0.717, 1.165) is 6.42 Å². The quantitative estimate of drug-likeness (QED) is 0.698. The molecule has 2 rings (SSSR count). The monoisotopic (exact) mass is 268 g/mol. The molecule has 4 unspecified atom stereocenters. The summed E-state index contributed by atoms with van der Waals surface area (Å²) in [5.41, 5.74) is 0. The second kappa shape index (κ2) is 6.37. The molecule has 0 aromatic heterocycles. The predicted molar refractivity (Wildman–Crippen MR) is 71.7 cm³/mol. The topological polar surface area (TPSA) is 78.4 Å². The van der Waals surface area contributed by atoms with Crippen LogP contribution >= 0.6 is 0 Å². The maximum atomic E-state index is 12.0. The highest BCUT2D eigenvalue weighted by atomic mass is 16.4. The Kier molecular flexibility index (Phi) is 4.80. The van der Waals surface area contributed by atoms with Crippen molar-refractivity contribution in [3.8, 4) is 0 Å². The number of rotatable bonds is 5. The van der Waals surface area contributed by atoms with Crippen LogP contribution < -0.4 is 10.6 Å². The van der Waals surface area contributed by atoms with Crippen molar-refractivity contribution in [3.63, 3.8) is 0 Å². The maximum Gasteiger partial charge on any atom is 0.306 e. The Balaban J connectivity index is 1.71. The first kappa shape index (κ1) is 14.3. The first-order valence-electron chi connectivity index (χ1n) is 7.34. The number of amides is 1. The zero-order chi connectivity index (χ0) is 13.8. The van der Waals surface area contributed by atoms with Crippen LogP contribution in [-0.2, 0) is 9.59 Å². The minimum atomic E-state index is -0.806. The van der Waals surface area contributed by atoms with Crippen molar-refractivity contribution in [3.05, 3.63) is 0 Å². The molecule has 0 spiro atoms. The Labute approximate surface area is 114 Å². The molecule has 0 bridgehead atoms. The van der Waals surface area contributed by atoms with Gasteiger partial charge in [0.15, 0.2) is 0 Å². The van der Waals surface area contributed by atoms with Gasteiger partial charge in [0, 0.05) is 12.6 Å². The minimum absolute atomic E-state index is 0.0342. The summed E-state index contributed by atoms with van der Waals surface area (Å²) in [4.78, 5) is 22.7. The van der Waals surface area contributed by atoms with E-state index in [9.17, 15) is 9.59 Å². The second-order valence-corrected chi connectivity index (χ2v) is 5.92. The van der Waals surface area contributed by atoms with Crippen LogP contribution in [-0.4, -0.2) is 35.6 Å². The van der Waals surface area contributed by atoms with Crippen molar-refractivity contribution in [1.82, 2.24) is 10.6 Å². The smallest absolute Gasteiger partial charge is 0.306 e. The molecular formula is C14H24N2O3. The Morgan fingerprint density at radius 3 is 2.79 bits per heavy atom. The van der Waals surface area contributed by atoms with Gasteiger partial charge in [-0.3, -0.25) is 9.59 Å². The highest BCUT2D eigenvalue weighted by Gasteiger charge is 2.37. The summed E-state index contributed by atoms with van der Waals surface area (Å²) in [6.07, 6.45) is 6.39. The van der Waals surface area contributed by atoms with E-state index in [1.165, 1.54) is 25.7 Å². The van der Waals surface area contributed by atoms with E-state index in [4.69, 9.17) is 5.11 Å². The third-order valence-corrected chi connectivity index (χ3v) is 4.48. The molecule has 19 heavy (non-hydrogen) atoms. The molecule has 2 aliphatic rings. The average molecular weight is 268 g/mol. The zero-order valence-corrected chi connectivity index (χ0v) is 11.5.